The molecule has 0 saturated carbocycles. The second-order valence-corrected chi connectivity index (χ2v) is 6.69. The van der Waals surface area contributed by atoms with E-state index in [9.17, 15) is 0 Å². The Morgan fingerprint density at radius 1 is 1.33 bits per heavy atom. The monoisotopic (exact) mass is 285 g/mol. The van der Waals surface area contributed by atoms with Crippen molar-refractivity contribution in [3.63, 3.8) is 0 Å². The molecule has 1 N–H and O–H groups in total. The fraction of sp³-hybridized carbons (Fsp3) is 0.611. The smallest absolute Gasteiger partial charge is 0.111 e. The van der Waals surface area contributed by atoms with Crippen molar-refractivity contribution in [3.05, 3.63) is 30.1 Å². The second-order valence-electron chi connectivity index (χ2n) is 6.69. The molecule has 0 bridgehead atoms. The SMILES string of the molecule is CCCn1c(CC2(C(C)C)CCCN2)nc2ccccc21. The van der Waals surface area contributed by atoms with Crippen molar-refractivity contribution < 1.29 is 0 Å². The van der Waals surface area contributed by atoms with Crippen LogP contribution in [0.2, 0.25) is 0 Å². The van der Waals surface area contributed by atoms with Gasteiger partial charge >= 0.3 is 0 Å². The Labute approximate surface area is 127 Å². The van der Waals surface area contributed by atoms with Crippen molar-refractivity contribution in [1.82, 2.24) is 14.9 Å². The molecule has 3 nitrogen and oxygen atoms in total. The zero-order valence-corrected chi connectivity index (χ0v) is 13.5. The number of aryl methyl sites for hydroxylation is 1. The highest BCUT2D eigenvalue weighted by atomic mass is 15.1. The van der Waals surface area contributed by atoms with E-state index >= 15 is 0 Å². The van der Waals surface area contributed by atoms with Crippen LogP contribution in [0.3, 0.4) is 0 Å². The Balaban J connectivity index is 2.01. The summed E-state index contributed by atoms with van der Waals surface area (Å²) in [5, 5.41) is 3.78. The molecule has 0 spiro atoms. The van der Waals surface area contributed by atoms with Crippen molar-refractivity contribution in [2.24, 2.45) is 5.92 Å². The Kier molecular flexibility index (Phi) is 4.03. The van der Waals surface area contributed by atoms with Gasteiger partial charge in [0.15, 0.2) is 0 Å². The molecular formula is C18H27N3. The van der Waals surface area contributed by atoms with Gasteiger partial charge in [-0.2, -0.15) is 0 Å². The molecule has 21 heavy (non-hydrogen) atoms. The third-order valence-corrected chi connectivity index (χ3v) is 5.04. The molecule has 1 saturated heterocycles. The zero-order chi connectivity index (χ0) is 14.9. The molecule has 2 heterocycles. The second kappa shape index (κ2) is 5.80. The fourth-order valence-electron chi connectivity index (χ4n) is 3.69. The molecular weight excluding hydrogens is 258 g/mol. The highest BCUT2D eigenvalue weighted by Crippen LogP contribution is 2.32. The van der Waals surface area contributed by atoms with Crippen LogP contribution in [0.1, 0.15) is 45.9 Å². The van der Waals surface area contributed by atoms with E-state index in [0.717, 1.165) is 31.4 Å². The maximum atomic E-state index is 4.95. The van der Waals surface area contributed by atoms with Crippen LogP contribution in [0.15, 0.2) is 24.3 Å². The lowest BCUT2D eigenvalue weighted by atomic mass is 9.82. The predicted octanol–water partition coefficient (Wildman–Crippen LogP) is 3.77. The molecule has 0 amide bonds. The van der Waals surface area contributed by atoms with Gasteiger partial charge in [-0.25, -0.2) is 4.98 Å². The van der Waals surface area contributed by atoms with Gasteiger partial charge < -0.3 is 9.88 Å². The van der Waals surface area contributed by atoms with Gasteiger partial charge in [-0.3, -0.25) is 0 Å². The van der Waals surface area contributed by atoms with Crippen LogP contribution >= 0.6 is 0 Å². The van der Waals surface area contributed by atoms with E-state index in [1.54, 1.807) is 0 Å². The van der Waals surface area contributed by atoms with Gasteiger partial charge in [0.1, 0.15) is 5.82 Å². The molecule has 1 atom stereocenters. The van der Waals surface area contributed by atoms with Gasteiger partial charge in [-0.1, -0.05) is 32.9 Å². The minimum atomic E-state index is 0.229. The van der Waals surface area contributed by atoms with Crippen LogP contribution in [-0.2, 0) is 13.0 Å². The fourth-order valence-corrected chi connectivity index (χ4v) is 3.69. The topological polar surface area (TPSA) is 29.9 Å². The van der Waals surface area contributed by atoms with Gasteiger partial charge in [0.25, 0.3) is 0 Å². The normalized spacial score (nSPS) is 22.5. The summed E-state index contributed by atoms with van der Waals surface area (Å²) in [6.45, 7) is 9.12. The van der Waals surface area contributed by atoms with Crippen molar-refractivity contribution >= 4 is 11.0 Å². The number of hydrogen-bond acceptors (Lipinski definition) is 2. The predicted molar refractivity (Wildman–Crippen MR) is 88.5 cm³/mol. The highest BCUT2D eigenvalue weighted by molar-refractivity contribution is 5.75. The number of para-hydroxylation sites is 2. The van der Waals surface area contributed by atoms with Gasteiger partial charge in [0.2, 0.25) is 0 Å². The van der Waals surface area contributed by atoms with E-state index in [1.165, 1.54) is 24.2 Å². The number of imidazole rings is 1. The summed E-state index contributed by atoms with van der Waals surface area (Å²) in [7, 11) is 0. The lowest BCUT2D eigenvalue weighted by Crippen LogP contribution is -2.47. The molecule has 1 fully saturated rings. The molecule has 1 aliphatic rings. The summed E-state index contributed by atoms with van der Waals surface area (Å²) < 4.78 is 2.43. The van der Waals surface area contributed by atoms with Crippen LogP contribution in [0.25, 0.3) is 11.0 Å². The third-order valence-electron chi connectivity index (χ3n) is 5.04. The lowest BCUT2D eigenvalue weighted by molar-refractivity contribution is 0.262. The number of nitrogens with zero attached hydrogens (tertiary/aromatic N) is 2. The summed E-state index contributed by atoms with van der Waals surface area (Å²) >= 11 is 0. The van der Waals surface area contributed by atoms with E-state index in [2.05, 4.69) is 54.9 Å². The molecule has 0 aliphatic carbocycles. The molecule has 0 radical (unpaired) electrons. The zero-order valence-electron chi connectivity index (χ0n) is 13.5. The number of benzene rings is 1. The Hall–Kier alpha value is -1.35. The Morgan fingerprint density at radius 3 is 2.81 bits per heavy atom. The highest BCUT2D eigenvalue weighted by Gasteiger charge is 2.37. The van der Waals surface area contributed by atoms with Crippen molar-refractivity contribution in [3.8, 4) is 0 Å². The quantitative estimate of drug-likeness (QED) is 0.906. The van der Waals surface area contributed by atoms with E-state index in [1.807, 2.05) is 0 Å². The number of hydrogen-bond donors (Lipinski definition) is 1. The summed E-state index contributed by atoms with van der Waals surface area (Å²) in [5.74, 6) is 1.89. The molecule has 2 aromatic rings. The summed E-state index contributed by atoms with van der Waals surface area (Å²) in [6, 6.07) is 8.54. The average Bonchev–Trinajstić information content (AvgIpc) is 3.07. The minimum absolute atomic E-state index is 0.229. The van der Waals surface area contributed by atoms with Gasteiger partial charge in [-0.05, 0) is 43.9 Å². The van der Waals surface area contributed by atoms with Crippen LogP contribution in [0.5, 0.6) is 0 Å². The standard InChI is InChI=1S/C18H27N3/c1-4-12-21-16-9-6-5-8-15(16)20-17(21)13-18(14(2)3)10-7-11-19-18/h5-6,8-9,14,19H,4,7,10-13H2,1-3H3. The molecule has 1 unspecified atom stereocenters. The first-order valence-corrected chi connectivity index (χ1v) is 8.35. The van der Waals surface area contributed by atoms with E-state index in [-0.39, 0.29) is 5.54 Å². The van der Waals surface area contributed by atoms with Crippen LogP contribution < -0.4 is 5.32 Å². The van der Waals surface area contributed by atoms with E-state index in [0.29, 0.717) is 5.92 Å². The van der Waals surface area contributed by atoms with E-state index < -0.39 is 0 Å². The first-order chi connectivity index (χ1) is 10.2. The van der Waals surface area contributed by atoms with Crippen LogP contribution in [-0.4, -0.2) is 21.6 Å². The first-order valence-electron chi connectivity index (χ1n) is 8.35. The summed E-state index contributed by atoms with van der Waals surface area (Å²) in [5.41, 5.74) is 2.65. The van der Waals surface area contributed by atoms with Crippen molar-refractivity contribution in [1.29, 1.82) is 0 Å². The van der Waals surface area contributed by atoms with Crippen LogP contribution in [0.4, 0.5) is 0 Å². The number of fused-ring (bicyclic) bond motifs is 1. The molecule has 1 aliphatic heterocycles. The molecule has 3 rings (SSSR count). The van der Waals surface area contributed by atoms with Crippen molar-refractivity contribution in [2.75, 3.05) is 6.54 Å². The summed E-state index contributed by atoms with van der Waals surface area (Å²) in [4.78, 5) is 4.95. The number of rotatable bonds is 5. The van der Waals surface area contributed by atoms with Gasteiger partial charge in [0, 0.05) is 18.5 Å². The maximum Gasteiger partial charge on any atom is 0.111 e. The number of nitrogens with one attached hydrogen (secondary N) is 1. The summed E-state index contributed by atoms with van der Waals surface area (Å²) in [6.07, 6.45) is 4.74. The van der Waals surface area contributed by atoms with Crippen LogP contribution in [0, 0.1) is 5.92 Å². The largest absolute Gasteiger partial charge is 0.328 e. The molecule has 1 aromatic carbocycles. The van der Waals surface area contributed by atoms with Crippen molar-refractivity contribution in [2.45, 2.75) is 58.5 Å². The van der Waals surface area contributed by atoms with E-state index in [4.69, 9.17) is 4.98 Å². The van der Waals surface area contributed by atoms with Gasteiger partial charge in [0.05, 0.1) is 11.0 Å². The number of aromatic nitrogens is 2. The average molecular weight is 285 g/mol. The third kappa shape index (κ3) is 2.59. The maximum absolute atomic E-state index is 4.95. The Morgan fingerprint density at radius 2 is 2.14 bits per heavy atom. The Bertz CT molecular complexity index is 606. The lowest BCUT2D eigenvalue weighted by Gasteiger charge is -2.34. The molecule has 114 valence electrons. The van der Waals surface area contributed by atoms with Gasteiger partial charge in [-0.15, -0.1) is 0 Å². The first kappa shape index (κ1) is 14.6. The molecule has 1 aromatic heterocycles. The minimum Gasteiger partial charge on any atom is -0.328 e. The molecule has 3 heteroatoms.